The zero-order valence-corrected chi connectivity index (χ0v) is 10.1. The van der Waals surface area contributed by atoms with Crippen LogP contribution in [0, 0.1) is 0 Å². The third-order valence-corrected chi connectivity index (χ3v) is 2.54. The Morgan fingerprint density at radius 1 is 1.50 bits per heavy atom. The number of rotatable bonds is 5. The average Bonchev–Trinajstić information content (AvgIpc) is 2.68. The summed E-state index contributed by atoms with van der Waals surface area (Å²) in [6.45, 7) is 1.27. The number of esters is 1. The van der Waals surface area contributed by atoms with Gasteiger partial charge >= 0.3 is 5.97 Å². The molecule has 0 aromatic heterocycles. The molecule has 0 saturated carbocycles. The maximum Gasteiger partial charge on any atom is 0.331 e. The van der Waals surface area contributed by atoms with Crippen molar-refractivity contribution in [2.75, 3.05) is 13.2 Å². The zero-order valence-electron chi connectivity index (χ0n) is 10.1. The highest BCUT2D eigenvalue weighted by Crippen LogP contribution is 2.19. The molecule has 18 heavy (non-hydrogen) atoms. The lowest BCUT2D eigenvalue weighted by atomic mass is 10.1. The Bertz CT molecular complexity index is 325. The molecule has 1 fully saturated rings. The highest BCUT2D eigenvalue weighted by molar-refractivity contribution is 5.82. The first kappa shape index (κ1) is 14.8. The van der Waals surface area contributed by atoms with Gasteiger partial charge in [0.1, 0.15) is 18.3 Å². The van der Waals surface area contributed by atoms with Gasteiger partial charge in [-0.05, 0) is 6.92 Å². The fraction of sp³-hybridized carbons (Fsp3) is 0.583. The first-order chi connectivity index (χ1) is 8.60. The van der Waals surface area contributed by atoms with E-state index in [0.717, 1.165) is 0 Å². The van der Waals surface area contributed by atoms with Crippen molar-refractivity contribution in [1.82, 2.24) is 0 Å². The lowest BCUT2D eigenvalue weighted by Gasteiger charge is -2.23. The normalized spacial score (nSPS) is 30.1. The van der Waals surface area contributed by atoms with Crippen molar-refractivity contribution in [3.05, 3.63) is 24.3 Å². The molecule has 0 radical (unpaired) electrons. The maximum atomic E-state index is 11.4. The van der Waals surface area contributed by atoms with Crippen LogP contribution in [-0.4, -0.2) is 58.9 Å². The average molecular weight is 258 g/mol. The molecule has 1 aliphatic heterocycles. The largest absolute Gasteiger partial charge is 0.454 e. The van der Waals surface area contributed by atoms with Gasteiger partial charge in [-0.25, -0.2) is 4.79 Å². The summed E-state index contributed by atoms with van der Waals surface area (Å²) >= 11 is 0. The third-order valence-electron chi connectivity index (χ3n) is 2.54. The van der Waals surface area contributed by atoms with Crippen molar-refractivity contribution in [2.24, 2.45) is 0 Å². The summed E-state index contributed by atoms with van der Waals surface area (Å²) in [7, 11) is 0. The maximum absolute atomic E-state index is 11.4. The predicted molar refractivity (Wildman–Crippen MR) is 62.7 cm³/mol. The molecule has 1 heterocycles. The van der Waals surface area contributed by atoms with E-state index in [1.807, 2.05) is 0 Å². The fourth-order valence-corrected chi connectivity index (χ4v) is 1.60. The molecule has 0 spiro atoms. The van der Waals surface area contributed by atoms with E-state index in [1.165, 1.54) is 12.2 Å². The van der Waals surface area contributed by atoms with Crippen molar-refractivity contribution in [3.63, 3.8) is 0 Å². The molecule has 1 saturated heterocycles. The minimum atomic E-state index is -1.17. The minimum Gasteiger partial charge on any atom is -0.454 e. The van der Waals surface area contributed by atoms with Gasteiger partial charge in [-0.2, -0.15) is 0 Å². The highest BCUT2D eigenvalue weighted by atomic mass is 16.6. The topological polar surface area (TPSA) is 96.2 Å². The fourth-order valence-electron chi connectivity index (χ4n) is 1.60. The van der Waals surface area contributed by atoms with E-state index in [1.54, 1.807) is 19.1 Å². The molecule has 3 N–H and O–H groups in total. The second-order valence-electron chi connectivity index (χ2n) is 3.90. The molecule has 0 amide bonds. The van der Waals surface area contributed by atoms with E-state index >= 15 is 0 Å². The number of hydrogen-bond acceptors (Lipinski definition) is 6. The molecule has 4 atom stereocenters. The Morgan fingerprint density at radius 2 is 2.22 bits per heavy atom. The lowest BCUT2D eigenvalue weighted by Crippen LogP contribution is -2.42. The molecular formula is C12H18O6. The quantitative estimate of drug-likeness (QED) is 0.337. The number of carbonyl (C=O) groups is 1. The summed E-state index contributed by atoms with van der Waals surface area (Å²) in [5, 5.41) is 28.0. The molecule has 1 rings (SSSR count). The molecule has 0 bridgehead atoms. The van der Waals surface area contributed by atoms with E-state index in [2.05, 4.69) is 0 Å². The van der Waals surface area contributed by atoms with E-state index in [4.69, 9.17) is 14.6 Å². The van der Waals surface area contributed by atoms with E-state index in [0.29, 0.717) is 0 Å². The standard InChI is InChI=1S/C12H18O6/c1-2-3-4-5-10(15)18-9(6-13)12-11(16)8(14)7-17-12/h2-5,8-9,11-14,16H,6-7H2,1H3/t8-,9+,11+,12+/m0/s1. The Labute approximate surface area is 105 Å². The third kappa shape index (κ3) is 3.92. The molecule has 0 unspecified atom stereocenters. The Balaban J connectivity index is 2.54. The summed E-state index contributed by atoms with van der Waals surface area (Å²) in [5.41, 5.74) is 0. The number of hydrogen-bond donors (Lipinski definition) is 3. The number of ether oxygens (including phenoxy) is 2. The van der Waals surface area contributed by atoms with Crippen molar-refractivity contribution in [1.29, 1.82) is 0 Å². The molecule has 1 aliphatic rings. The predicted octanol–water partition coefficient (Wildman–Crippen LogP) is -0.857. The van der Waals surface area contributed by atoms with Crippen LogP contribution in [0.5, 0.6) is 0 Å². The van der Waals surface area contributed by atoms with Crippen LogP contribution in [0.4, 0.5) is 0 Å². The van der Waals surface area contributed by atoms with E-state index < -0.39 is 37.0 Å². The van der Waals surface area contributed by atoms with Crippen LogP contribution in [-0.2, 0) is 14.3 Å². The molecule has 0 aliphatic carbocycles. The van der Waals surface area contributed by atoms with Crippen LogP contribution >= 0.6 is 0 Å². The van der Waals surface area contributed by atoms with Crippen LogP contribution in [0.2, 0.25) is 0 Å². The Kier molecular flexibility index (Phi) is 6.00. The molecule has 6 heteroatoms. The van der Waals surface area contributed by atoms with Gasteiger partial charge in [0.2, 0.25) is 0 Å². The van der Waals surface area contributed by atoms with Crippen molar-refractivity contribution in [2.45, 2.75) is 31.3 Å². The van der Waals surface area contributed by atoms with E-state index in [-0.39, 0.29) is 6.61 Å². The summed E-state index contributed by atoms with van der Waals surface area (Å²) in [6.07, 6.45) is 1.98. The van der Waals surface area contributed by atoms with Crippen molar-refractivity contribution < 1.29 is 29.6 Å². The SMILES string of the molecule is CC=CC=CC(=O)O[C@H](CO)[C@H]1OC[C@H](O)[C@H]1O. The second kappa shape index (κ2) is 7.27. The summed E-state index contributed by atoms with van der Waals surface area (Å²) in [6, 6.07) is 0. The van der Waals surface area contributed by atoms with Crippen molar-refractivity contribution >= 4 is 5.97 Å². The van der Waals surface area contributed by atoms with Gasteiger partial charge in [0.05, 0.1) is 13.2 Å². The van der Waals surface area contributed by atoms with Crippen LogP contribution in [0.1, 0.15) is 6.92 Å². The van der Waals surface area contributed by atoms with Gasteiger partial charge in [0.25, 0.3) is 0 Å². The van der Waals surface area contributed by atoms with Gasteiger partial charge in [-0.15, -0.1) is 0 Å². The zero-order chi connectivity index (χ0) is 13.5. The Morgan fingerprint density at radius 3 is 2.72 bits per heavy atom. The Hall–Kier alpha value is -1.21. The van der Waals surface area contributed by atoms with Gasteiger partial charge < -0.3 is 24.8 Å². The van der Waals surface area contributed by atoms with E-state index in [9.17, 15) is 15.0 Å². The highest BCUT2D eigenvalue weighted by Gasteiger charge is 2.41. The second-order valence-corrected chi connectivity index (χ2v) is 3.90. The first-order valence-electron chi connectivity index (χ1n) is 5.68. The number of aliphatic hydroxyl groups excluding tert-OH is 3. The summed E-state index contributed by atoms with van der Waals surface area (Å²) in [4.78, 5) is 11.4. The molecule has 0 aromatic rings. The van der Waals surface area contributed by atoms with Gasteiger partial charge in [0, 0.05) is 6.08 Å². The van der Waals surface area contributed by atoms with Gasteiger partial charge in [0.15, 0.2) is 6.10 Å². The van der Waals surface area contributed by atoms with Crippen molar-refractivity contribution in [3.8, 4) is 0 Å². The minimum absolute atomic E-state index is 0.0473. The molecule has 6 nitrogen and oxygen atoms in total. The van der Waals surface area contributed by atoms with Gasteiger partial charge in [-0.3, -0.25) is 0 Å². The molecular weight excluding hydrogens is 240 g/mol. The number of aliphatic hydroxyl groups is 3. The number of allylic oxidation sites excluding steroid dienone is 3. The number of carbonyl (C=O) groups excluding carboxylic acids is 1. The summed E-state index contributed by atoms with van der Waals surface area (Å²) in [5.74, 6) is -0.649. The van der Waals surface area contributed by atoms with Crippen LogP contribution in [0.25, 0.3) is 0 Å². The van der Waals surface area contributed by atoms with Crippen LogP contribution in [0.3, 0.4) is 0 Å². The lowest BCUT2D eigenvalue weighted by molar-refractivity contribution is -0.156. The smallest absolute Gasteiger partial charge is 0.331 e. The monoisotopic (exact) mass is 258 g/mol. The van der Waals surface area contributed by atoms with Gasteiger partial charge in [-0.1, -0.05) is 18.2 Å². The van der Waals surface area contributed by atoms with Crippen LogP contribution < -0.4 is 0 Å². The molecule has 102 valence electrons. The first-order valence-corrected chi connectivity index (χ1v) is 5.68. The molecule has 0 aromatic carbocycles. The van der Waals surface area contributed by atoms with Crippen LogP contribution in [0.15, 0.2) is 24.3 Å². The summed E-state index contributed by atoms with van der Waals surface area (Å²) < 4.78 is 10.0.